The Morgan fingerprint density at radius 1 is 1.47 bits per heavy atom. The van der Waals surface area contributed by atoms with Gasteiger partial charge >= 0.3 is 5.97 Å². The van der Waals surface area contributed by atoms with E-state index in [1.165, 1.54) is 12.0 Å². The fourth-order valence-electron chi connectivity index (χ4n) is 1.61. The van der Waals surface area contributed by atoms with Crippen molar-refractivity contribution >= 4 is 23.1 Å². The molecule has 1 atom stereocenters. The van der Waals surface area contributed by atoms with Gasteiger partial charge in [-0.3, -0.25) is 0 Å². The number of thiazole rings is 1. The van der Waals surface area contributed by atoms with E-state index in [2.05, 4.69) is 20.0 Å². The number of pyridine rings is 1. The first-order chi connectivity index (χ1) is 9.10. The third-order valence-corrected chi connectivity index (χ3v) is 3.65. The quantitative estimate of drug-likeness (QED) is 0.871. The summed E-state index contributed by atoms with van der Waals surface area (Å²) in [5, 5.41) is 4.21. The number of methoxy groups -OCH3 is 1. The van der Waals surface area contributed by atoms with Crippen LogP contribution in [0, 0.1) is 6.92 Å². The average molecular weight is 277 g/mol. The molecule has 1 unspecified atom stereocenters. The molecule has 5 nitrogen and oxygen atoms in total. The summed E-state index contributed by atoms with van der Waals surface area (Å²) in [6.07, 6.45) is 3.42. The molecule has 2 aromatic heterocycles. The van der Waals surface area contributed by atoms with Gasteiger partial charge < -0.3 is 10.1 Å². The Labute approximate surface area is 115 Å². The number of aryl methyl sites for hydroxylation is 1. The van der Waals surface area contributed by atoms with Crippen molar-refractivity contribution < 1.29 is 9.53 Å². The number of aromatic nitrogens is 2. The zero-order valence-electron chi connectivity index (χ0n) is 11.0. The van der Waals surface area contributed by atoms with E-state index in [0.717, 1.165) is 5.01 Å². The van der Waals surface area contributed by atoms with Crippen molar-refractivity contribution in [1.82, 2.24) is 9.97 Å². The molecule has 0 aromatic carbocycles. The molecule has 6 heteroatoms. The molecule has 0 fully saturated rings. The Hall–Kier alpha value is -1.95. The normalized spacial score (nSPS) is 11.9. The van der Waals surface area contributed by atoms with Gasteiger partial charge in [0.05, 0.1) is 18.7 Å². The summed E-state index contributed by atoms with van der Waals surface area (Å²) in [6, 6.07) is 3.33. The number of hydrogen-bond acceptors (Lipinski definition) is 6. The smallest absolute Gasteiger partial charge is 0.338 e. The Morgan fingerprint density at radius 3 is 2.89 bits per heavy atom. The van der Waals surface area contributed by atoms with Crippen molar-refractivity contribution in [1.29, 1.82) is 0 Å². The van der Waals surface area contributed by atoms with E-state index in [1.54, 1.807) is 29.7 Å². The Bertz CT molecular complexity index is 583. The van der Waals surface area contributed by atoms with E-state index < -0.39 is 0 Å². The Morgan fingerprint density at radius 2 is 2.26 bits per heavy atom. The van der Waals surface area contributed by atoms with Gasteiger partial charge in [0.25, 0.3) is 0 Å². The molecule has 1 N–H and O–H groups in total. The lowest BCUT2D eigenvalue weighted by atomic mass is 10.2. The first kappa shape index (κ1) is 13.5. The summed E-state index contributed by atoms with van der Waals surface area (Å²) < 4.78 is 4.68. The molecule has 0 aliphatic rings. The monoisotopic (exact) mass is 277 g/mol. The summed E-state index contributed by atoms with van der Waals surface area (Å²) in [4.78, 5) is 21.1. The predicted molar refractivity (Wildman–Crippen MR) is 74.5 cm³/mol. The van der Waals surface area contributed by atoms with Crippen molar-refractivity contribution in [2.24, 2.45) is 0 Å². The van der Waals surface area contributed by atoms with Gasteiger partial charge in [0, 0.05) is 17.3 Å². The summed E-state index contributed by atoms with van der Waals surface area (Å²) in [5.74, 6) is 0.256. The van der Waals surface area contributed by atoms with E-state index >= 15 is 0 Å². The Balaban J connectivity index is 2.12. The maximum atomic E-state index is 11.4. The largest absolute Gasteiger partial charge is 0.465 e. The van der Waals surface area contributed by atoms with Crippen molar-refractivity contribution in [3.8, 4) is 0 Å². The molecule has 100 valence electrons. The zero-order valence-corrected chi connectivity index (χ0v) is 11.8. The Kier molecular flexibility index (Phi) is 4.11. The fourth-order valence-corrected chi connectivity index (χ4v) is 2.39. The molecular formula is C13H15N3O2S. The molecule has 0 radical (unpaired) electrons. The molecule has 0 amide bonds. The second kappa shape index (κ2) is 5.79. The minimum atomic E-state index is -0.372. The highest BCUT2D eigenvalue weighted by Crippen LogP contribution is 2.22. The second-order valence-corrected chi connectivity index (χ2v) is 5.36. The van der Waals surface area contributed by atoms with Gasteiger partial charge in [-0.2, -0.15) is 0 Å². The molecule has 0 aliphatic carbocycles. The molecule has 2 aromatic rings. The number of nitrogens with one attached hydrogen (secondary N) is 1. The van der Waals surface area contributed by atoms with Crippen LogP contribution in [0.2, 0.25) is 0 Å². The van der Waals surface area contributed by atoms with Crippen molar-refractivity contribution in [2.45, 2.75) is 19.9 Å². The van der Waals surface area contributed by atoms with Gasteiger partial charge in [-0.1, -0.05) is 0 Å². The van der Waals surface area contributed by atoms with E-state index in [4.69, 9.17) is 0 Å². The fraction of sp³-hybridized carbons (Fsp3) is 0.308. The molecule has 2 rings (SSSR count). The number of nitrogens with zero attached hydrogens (tertiary/aromatic N) is 2. The maximum absolute atomic E-state index is 11.4. The van der Waals surface area contributed by atoms with E-state index in [9.17, 15) is 4.79 Å². The first-order valence-electron chi connectivity index (χ1n) is 5.83. The number of hydrogen-bond donors (Lipinski definition) is 1. The highest BCUT2D eigenvalue weighted by atomic mass is 32.1. The number of carbonyl (C=O) groups excluding carboxylic acids is 1. The molecule has 0 aliphatic heterocycles. The number of rotatable bonds is 4. The van der Waals surface area contributed by atoms with Gasteiger partial charge in [0.2, 0.25) is 0 Å². The van der Waals surface area contributed by atoms with Gasteiger partial charge in [0.1, 0.15) is 10.8 Å². The van der Waals surface area contributed by atoms with Crippen LogP contribution in [0.25, 0.3) is 0 Å². The van der Waals surface area contributed by atoms with E-state index in [-0.39, 0.29) is 12.0 Å². The van der Waals surface area contributed by atoms with Crippen LogP contribution < -0.4 is 5.32 Å². The molecule has 0 saturated heterocycles. The van der Waals surface area contributed by atoms with E-state index in [1.807, 2.05) is 20.0 Å². The predicted octanol–water partition coefficient (Wildman–Crippen LogP) is 2.81. The molecule has 19 heavy (non-hydrogen) atoms. The molecule has 0 saturated carbocycles. The average Bonchev–Trinajstić information content (AvgIpc) is 2.85. The summed E-state index contributed by atoms with van der Waals surface area (Å²) in [7, 11) is 1.36. The van der Waals surface area contributed by atoms with Crippen LogP contribution >= 0.6 is 11.3 Å². The summed E-state index contributed by atoms with van der Waals surface area (Å²) in [5.41, 5.74) is 0.475. The summed E-state index contributed by atoms with van der Waals surface area (Å²) in [6.45, 7) is 4.02. The maximum Gasteiger partial charge on any atom is 0.338 e. The highest BCUT2D eigenvalue weighted by Gasteiger charge is 2.11. The lowest BCUT2D eigenvalue weighted by Gasteiger charge is -2.12. The molecule has 0 spiro atoms. The standard InChI is InChI=1S/C13H15N3O2S/c1-8-7-15-12(19-8)9(2)16-11-6-10(4-5-14-11)13(17)18-3/h4-7,9H,1-3H3,(H,14,16). The lowest BCUT2D eigenvalue weighted by molar-refractivity contribution is 0.0600. The molecular weight excluding hydrogens is 262 g/mol. The van der Waals surface area contributed by atoms with E-state index in [0.29, 0.717) is 11.4 Å². The summed E-state index contributed by atoms with van der Waals surface area (Å²) >= 11 is 1.64. The molecule has 2 heterocycles. The first-order valence-corrected chi connectivity index (χ1v) is 6.65. The van der Waals surface area contributed by atoms with Crippen molar-refractivity contribution in [3.63, 3.8) is 0 Å². The topological polar surface area (TPSA) is 64.1 Å². The van der Waals surface area contributed by atoms with Crippen LogP contribution in [0.15, 0.2) is 24.5 Å². The number of carbonyl (C=O) groups is 1. The number of anilines is 1. The minimum Gasteiger partial charge on any atom is -0.465 e. The molecule has 0 bridgehead atoms. The second-order valence-electron chi connectivity index (χ2n) is 4.10. The van der Waals surface area contributed by atoms with Gasteiger partial charge in [-0.15, -0.1) is 11.3 Å². The van der Waals surface area contributed by atoms with Crippen LogP contribution in [-0.4, -0.2) is 23.0 Å². The van der Waals surface area contributed by atoms with Gasteiger partial charge in [-0.25, -0.2) is 14.8 Å². The van der Waals surface area contributed by atoms with Crippen molar-refractivity contribution in [2.75, 3.05) is 12.4 Å². The number of esters is 1. The third-order valence-electron chi connectivity index (χ3n) is 2.55. The van der Waals surface area contributed by atoms with Crippen LogP contribution in [-0.2, 0) is 4.74 Å². The van der Waals surface area contributed by atoms with Crippen molar-refractivity contribution in [3.05, 3.63) is 40.0 Å². The SMILES string of the molecule is COC(=O)c1ccnc(NC(C)c2ncc(C)s2)c1. The number of ether oxygens (including phenoxy) is 1. The lowest BCUT2D eigenvalue weighted by Crippen LogP contribution is -2.09. The zero-order chi connectivity index (χ0) is 13.8. The minimum absolute atomic E-state index is 0.0408. The van der Waals surface area contributed by atoms with Crippen LogP contribution in [0.5, 0.6) is 0 Å². The van der Waals surface area contributed by atoms with Crippen LogP contribution in [0.1, 0.15) is 33.2 Å². The third kappa shape index (κ3) is 3.29. The van der Waals surface area contributed by atoms with Gasteiger partial charge in [0.15, 0.2) is 0 Å². The van der Waals surface area contributed by atoms with Crippen LogP contribution in [0.4, 0.5) is 5.82 Å². The van der Waals surface area contributed by atoms with Gasteiger partial charge in [-0.05, 0) is 26.0 Å². The van der Waals surface area contributed by atoms with Crippen LogP contribution in [0.3, 0.4) is 0 Å². The highest BCUT2D eigenvalue weighted by molar-refractivity contribution is 7.11.